The zero-order valence-corrected chi connectivity index (χ0v) is 12.8. The molecule has 0 saturated carbocycles. The molecule has 1 aliphatic heterocycles. The molecule has 2 rings (SSSR count). The van der Waals surface area contributed by atoms with Crippen molar-refractivity contribution in [3.05, 3.63) is 27.7 Å². The molecule has 0 radical (unpaired) electrons. The van der Waals surface area contributed by atoms with Crippen molar-refractivity contribution in [3.63, 3.8) is 0 Å². The van der Waals surface area contributed by atoms with E-state index in [2.05, 4.69) is 15.9 Å². The summed E-state index contributed by atoms with van der Waals surface area (Å²) in [7, 11) is -4.57. The van der Waals surface area contributed by atoms with Crippen LogP contribution in [0.5, 0.6) is 0 Å². The number of anilines is 1. The fraction of sp³-hybridized carbons (Fsp3) is 0.364. The first-order chi connectivity index (χ1) is 8.78. The zero-order valence-electron chi connectivity index (χ0n) is 9.64. The van der Waals surface area contributed by atoms with Crippen LogP contribution in [-0.4, -0.2) is 26.6 Å². The Morgan fingerprint density at radius 2 is 2.16 bits per heavy atom. The van der Waals surface area contributed by atoms with Gasteiger partial charge in [0.05, 0.1) is 20.9 Å². The molecule has 1 saturated heterocycles. The molecule has 19 heavy (non-hydrogen) atoms. The van der Waals surface area contributed by atoms with Crippen LogP contribution in [-0.2, 0) is 15.0 Å². The first kappa shape index (κ1) is 14.7. The van der Waals surface area contributed by atoms with Crippen LogP contribution in [0.15, 0.2) is 22.7 Å². The van der Waals surface area contributed by atoms with Gasteiger partial charge in [-0.25, -0.2) is 0 Å². The number of rotatable bonds is 3. The van der Waals surface area contributed by atoms with Crippen LogP contribution in [0.4, 0.5) is 9.57 Å². The second-order valence-electron chi connectivity index (χ2n) is 4.35. The molecule has 0 aromatic heterocycles. The highest BCUT2D eigenvalue weighted by atomic mass is 79.9. The molecule has 0 bridgehead atoms. The summed E-state index contributed by atoms with van der Waals surface area (Å²) < 4.78 is 34.5. The van der Waals surface area contributed by atoms with Gasteiger partial charge in [0.1, 0.15) is 0 Å². The maximum Gasteiger partial charge on any atom is 0.302 e. The normalized spacial score (nSPS) is 20.1. The minimum Gasteiger partial charge on any atom is -0.311 e. The van der Waals surface area contributed by atoms with Gasteiger partial charge in [-0.3, -0.25) is 4.79 Å². The van der Waals surface area contributed by atoms with Gasteiger partial charge >= 0.3 is 10.2 Å². The third-order valence-electron chi connectivity index (χ3n) is 2.86. The number of hydrogen-bond acceptors (Lipinski definition) is 3. The Morgan fingerprint density at radius 1 is 1.47 bits per heavy atom. The molecule has 1 heterocycles. The molecule has 0 spiro atoms. The van der Waals surface area contributed by atoms with Gasteiger partial charge in [0.15, 0.2) is 0 Å². The number of hydrogen-bond donors (Lipinski definition) is 0. The molecule has 1 amide bonds. The second-order valence-corrected chi connectivity index (χ2v) is 6.96. The molecule has 8 heteroatoms. The quantitative estimate of drug-likeness (QED) is 0.769. The Bertz CT molecular complexity index is 622. The van der Waals surface area contributed by atoms with E-state index >= 15 is 0 Å². The Balaban J connectivity index is 2.23. The number of nitrogens with zero attached hydrogens (tertiary/aromatic N) is 1. The highest BCUT2D eigenvalue weighted by Gasteiger charge is 2.34. The van der Waals surface area contributed by atoms with Gasteiger partial charge in [0.2, 0.25) is 5.91 Å². The highest BCUT2D eigenvalue weighted by molar-refractivity contribution is 9.10. The molecule has 104 valence electrons. The molecule has 0 N–H and O–H groups in total. The van der Waals surface area contributed by atoms with Crippen LogP contribution in [0.2, 0.25) is 5.02 Å². The van der Waals surface area contributed by atoms with Gasteiger partial charge < -0.3 is 4.90 Å². The van der Waals surface area contributed by atoms with E-state index in [4.69, 9.17) is 11.6 Å². The van der Waals surface area contributed by atoms with Gasteiger partial charge in [-0.05, 0) is 28.1 Å². The lowest BCUT2D eigenvalue weighted by Crippen LogP contribution is -2.25. The summed E-state index contributed by atoms with van der Waals surface area (Å²) in [6, 6.07) is 5.05. The van der Waals surface area contributed by atoms with E-state index < -0.39 is 21.9 Å². The summed E-state index contributed by atoms with van der Waals surface area (Å²) >= 11 is 9.22. The number of amides is 1. The number of carbonyl (C=O) groups excluding carboxylic acids is 1. The van der Waals surface area contributed by atoms with E-state index in [1.807, 2.05) is 0 Å². The lowest BCUT2D eigenvalue weighted by Gasteiger charge is -2.18. The molecule has 0 aliphatic carbocycles. The Hall–Kier alpha value is -0.660. The number of carbonyl (C=O) groups is 1. The smallest absolute Gasteiger partial charge is 0.302 e. The molecule has 4 nitrogen and oxygen atoms in total. The van der Waals surface area contributed by atoms with E-state index in [-0.39, 0.29) is 18.9 Å². The molecule has 1 unspecified atom stereocenters. The lowest BCUT2D eigenvalue weighted by atomic mass is 10.1. The van der Waals surface area contributed by atoms with Crippen LogP contribution in [0.25, 0.3) is 0 Å². The molecule has 1 aliphatic rings. The topological polar surface area (TPSA) is 54.5 Å². The average molecular weight is 371 g/mol. The summed E-state index contributed by atoms with van der Waals surface area (Å²) in [5.41, 5.74) is 0.566. The summed E-state index contributed by atoms with van der Waals surface area (Å²) in [4.78, 5) is 13.3. The van der Waals surface area contributed by atoms with Gasteiger partial charge in [-0.2, -0.15) is 8.42 Å². The van der Waals surface area contributed by atoms with Crippen LogP contribution in [0.1, 0.15) is 6.42 Å². The Kier molecular flexibility index (Phi) is 4.17. The van der Waals surface area contributed by atoms with E-state index in [0.717, 1.165) is 0 Å². The maximum atomic E-state index is 12.7. The van der Waals surface area contributed by atoms with E-state index in [1.54, 1.807) is 18.2 Å². The van der Waals surface area contributed by atoms with Crippen LogP contribution in [0.3, 0.4) is 0 Å². The highest BCUT2D eigenvalue weighted by Crippen LogP contribution is 2.36. The SMILES string of the molecule is O=C1CC(CS(=O)(=O)F)CN1c1cccc(Cl)c1Br. The van der Waals surface area contributed by atoms with E-state index in [1.165, 1.54) is 4.90 Å². The van der Waals surface area contributed by atoms with Crippen molar-refractivity contribution in [2.24, 2.45) is 5.92 Å². The Labute approximate surface area is 123 Å². The zero-order chi connectivity index (χ0) is 14.2. The predicted molar refractivity (Wildman–Crippen MR) is 74.5 cm³/mol. The predicted octanol–water partition coefficient (Wildman–Crippen LogP) is 2.75. The maximum absolute atomic E-state index is 12.7. The third-order valence-corrected chi connectivity index (χ3v) is 5.11. The van der Waals surface area contributed by atoms with Crippen LogP contribution < -0.4 is 4.90 Å². The van der Waals surface area contributed by atoms with Crippen molar-refractivity contribution in [1.29, 1.82) is 0 Å². The van der Waals surface area contributed by atoms with Crippen molar-refractivity contribution in [2.75, 3.05) is 17.2 Å². The van der Waals surface area contributed by atoms with Crippen molar-refractivity contribution in [2.45, 2.75) is 6.42 Å². The fourth-order valence-corrected chi connectivity index (χ4v) is 3.54. The van der Waals surface area contributed by atoms with Crippen molar-refractivity contribution >= 4 is 49.3 Å². The molecular formula is C11H10BrClFNO3S. The largest absolute Gasteiger partial charge is 0.311 e. The molecule has 1 atom stereocenters. The fourth-order valence-electron chi connectivity index (χ4n) is 2.11. The average Bonchev–Trinajstić information content (AvgIpc) is 2.61. The van der Waals surface area contributed by atoms with Crippen molar-refractivity contribution in [1.82, 2.24) is 0 Å². The second kappa shape index (κ2) is 5.38. The molecule has 1 aromatic rings. The minimum atomic E-state index is -4.57. The van der Waals surface area contributed by atoms with Crippen molar-refractivity contribution < 1.29 is 17.1 Å². The summed E-state index contributed by atoms with van der Waals surface area (Å²) in [5.74, 6) is -1.40. The van der Waals surface area contributed by atoms with Gasteiger partial charge in [-0.1, -0.05) is 17.7 Å². The number of halogens is 3. The van der Waals surface area contributed by atoms with E-state index in [0.29, 0.717) is 15.2 Å². The third kappa shape index (κ3) is 3.46. The van der Waals surface area contributed by atoms with Crippen LogP contribution >= 0.6 is 27.5 Å². The van der Waals surface area contributed by atoms with Crippen molar-refractivity contribution in [3.8, 4) is 0 Å². The first-order valence-corrected chi connectivity index (χ1v) is 8.17. The monoisotopic (exact) mass is 369 g/mol. The number of benzene rings is 1. The van der Waals surface area contributed by atoms with Gasteiger partial charge in [-0.15, -0.1) is 3.89 Å². The lowest BCUT2D eigenvalue weighted by molar-refractivity contribution is -0.117. The first-order valence-electron chi connectivity index (χ1n) is 5.44. The Morgan fingerprint density at radius 3 is 2.79 bits per heavy atom. The van der Waals surface area contributed by atoms with Crippen LogP contribution in [0, 0.1) is 5.92 Å². The minimum absolute atomic E-state index is 0.0160. The molecule has 1 fully saturated rings. The molecular weight excluding hydrogens is 361 g/mol. The van der Waals surface area contributed by atoms with E-state index in [9.17, 15) is 17.1 Å². The molecule has 1 aromatic carbocycles. The summed E-state index contributed by atoms with van der Waals surface area (Å²) in [6.45, 7) is 0.168. The standard InChI is InChI=1S/C11H10BrClFNO3S/c12-11-8(13)2-1-3-9(11)15-5-7(4-10(15)16)6-19(14,17)18/h1-3,7H,4-6H2. The van der Waals surface area contributed by atoms with Gasteiger partial charge in [0.25, 0.3) is 0 Å². The summed E-state index contributed by atoms with van der Waals surface area (Å²) in [6.07, 6.45) is 0.0160. The summed E-state index contributed by atoms with van der Waals surface area (Å²) in [5, 5.41) is 0.451. The van der Waals surface area contributed by atoms with Gasteiger partial charge in [0, 0.05) is 18.9 Å².